The number of carbonyl (C=O) groups is 1. The van der Waals surface area contributed by atoms with E-state index < -0.39 is 34.9 Å². The van der Waals surface area contributed by atoms with Gasteiger partial charge < -0.3 is 5.32 Å². The first-order valence-corrected chi connectivity index (χ1v) is 5.54. The minimum Gasteiger partial charge on any atom is -0.315 e. The number of H-pyrrole nitrogens is 1. The van der Waals surface area contributed by atoms with E-state index in [1.165, 1.54) is 6.20 Å². The van der Waals surface area contributed by atoms with Gasteiger partial charge in [-0.1, -0.05) is 0 Å². The lowest BCUT2D eigenvalue weighted by molar-refractivity contribution is 0.102. The average molecular weight is 338 g/mol. The van der Waals surface area contributed by atoms with Crippen molar-refractivity contribution >= 4 is 27.5 Å². The van der Waals surface area contributed by atoms with Crippen LogP contribution in [0.15, 0.2) is 16.7 Å². The summed E-state index contributed by atoms with van der Waals surface area (Å²) in [5.41, 5.74) is -1.35. The average Bonchev–Trinajstić information content (AvgIpc) is 2.78. The molecular formula is C10H4BrF4N3O. The van der Waals surface area contributed by atoms with E-state index >= 15 is 0 Å². The number of nitrogens with zero attached hydrogens (tertiary/aromatic N) is 1. The Kier molecular flexibility index (Phi) is 3.56. The van der Waals surface area contributed by atoms with Gasteiger partial charge in [0.05, 0.1) is 10.7 Å². The van der Waals surface area contributed by atoms with Gasteiger partial charge in [-0.3, -0.25) is 9.89 Å². The van der Waals surface area contributed by atoms with Crippen LogP contribution in [0.25, 0.3) is 0 Å². The van der Waals surface area contributed by atoms with E-state index in [-0.39, 0.29) is 16.2 Å². The van der Waals surface area contributed by atoms with E-state index in [0.717, 1.165) is 0 Å². The molecule has 4 nitrogen and oxygen atoms in total. The van der Waals surface area contributed by atoms with Gasteiger partial charge in [-0.15, -0.1) is 0 Å². The van der Waals surface area contributed by atoms with E-state index in [0.29, 0.717) is 0 Å². The highest BCUT2D eigenvalue weighted by molar-refractivity contribution is 9.10. The lowest BCUT2D eigenvalue weighted by Gasteiger charge is -2.08. The van der Waals surface area contributed by atoms with Gasteiger partial charge in [0.1, 0.15) is 11.4 Å². The molecule has 0 saturated carbocycles. The maximum absolute atomic E-state index is 13.3. The van der Waals surface area contributed by atoms with Crippen molar-refractivity contribution in [3.05, 3.63) is 45.7 Å². The van der Waals surface area contributed by atoms with Crippen molar-refractivity contribution in [3.8, 4) is 0 Å². The van der Waals surface area contributed by atoms with E-state index in [9.17, 15) is 22.4 Å². The van der Waals surface area contributed by atoms with Crippen LogP contribution in [-0.2, 0) is 0 Å². The van der Waals surface area contributed by atoms with Crippen LogP contribution >= 0.6 is 15.9 Å². The first-order chi connectivity index (χ1) is 8.91. The molecule has 1 heterocycles. The standard InChI is InChI=1S/C10H4BrF4N3O/c11-3-2-16-18-8(3)10(19)17-9-6(14)4(12)1-5(13)7(9)15/h1-2H,(H,16,18)(H,17,19). The SMILES string of the molecule is O=C(Nc1c(F)c(F)cc(F)c1F)c1[nH]ncc1Br. The molecule has 0 atom stereocenters. The molecule has 0 aliphatic carbocycles. The Morgan fingerprint density at radius 2 is 1.79 bits per heavy atom. The summed E-state index contributed by atoms with van der Waals surface area (Å²) < 4.78 is 52.7. The highest BCUT2D eigenvalue weighted by atomic mass is 79.9. The van der Waals surface area contributed by atoms with Crippen molar-refractivity contribution in [2.45, 2.75) is 0 Å². The predicted octanol–water partition coefficient (Wildman–Crippen LogP) is 2.98. The van der Waals surface area contributed by atoms with Crippen LogP contribution in [0.4, 0.5) is 23.2 Å². The normalized spacial score (nSPS) is 10.6. The Hall–Kier alpha value is -1.90. The third kappa shape index (κ3) is 2.46. The Morgan fingerprint density at radius 1 is 1.21 bits per heavy atom. The summed E-state index contributed by atoms with van der Waals surface area (Å²) in [6.45, 7) is 0. The molecule has 100 valence electrons. The molecule has 0 aliphatic heterocycles. The molecule has 0 aliphatic rings. The summed E-state index contributed by atoms with van der Waals surface area (Å²) in [7, 11) is 0. The van der Waals surface area contributed by atoms with Gasteiger partial charge in [-0.2, -0.15) is 5.10 Å². The topological polar surface area (TPSA) is 57.8 Å². The quantitative estimate of drug-likeness (QED) is 0.653. The Labute approximate surface area is 111 Å². The zero-order chi connectivity index (χ0) is 14.2. The number of hydrogen-bond donors (Lipinski definition) is 2. The van der Waals surface area contributed by atoms with Crippen LogP contribution < -0.4 is 5.32 Å². The number of carbonyl (C=O) groups excluding carboxylic acids is 1. The molecule has 0 fully saturated rings. The summed E-state index contributed by atoms with van der Waals surface area (Å²) in [6, 6.07) is 0.0481. The van der Waals surface area contributed by atoms with Crippen molar-refractivity contribution in [2.75, 3.05) is 5.32 Å². The summed E-state index contributed by atoms with van der Waals surface area (Å²) in [5.74, 6) is -7.62. The number of hydrogen-bond acceptors (Lipinski definition) is 2. The van der Waals surface area contributed by atoms with E-state index in [2.05, 4.69) is 26.1 Å². The molecule has 0 spiro atoms. The van der Waals surface area contributed by atoms with Crippen molar-refractivity contribution in [3.63, 3.8) is 0 Å². The zero-order valence-corrected chi connectivity index (χ0v) is 10.5. The third-order valence-electron chi connectivity index (χ3n) is 2.17. The van der Waals surface area contributed by atoms with Crippen LogP contribution in [0.3, 0.4) is 0 Å². The van der Waals surface area contributed by atoms with Gasteiger partial charge in [0, 0.05) is 6.07 Å². The largest absolute Gasteiger partial charge is 0.315 e. The van der Waals surface area contributed by atoms with E-state index in [1.54, 1.807) is 5.32 Å². The fourth-order valence-electron chi connectivity index (χ4n) is 1.29. The molecule has 1 amide bonds. The zero-order valence-electron chi connectivity index (χ0n) is 8.90. The first-order valence-electron chi connectivity index (χ1n) is 4.75. The summed E-state index contributed by atoms with van der Waals surface area (Å²) in [5, 5.41) is 7.48. The Bertz CT molecular complexity index is 632. The van der Waals surface area contributed by atoms with Crippen LogP contribution in [0.1, 0.15) is 10.5 Å². The van der Waals surface area contributed by atoms with Crippen LogP contribution in [0, 0.1) is 23.3 Å². The number of amides is 1. The second kappa shape index (κ2) is 5.00. The first kappa shape index (κ1) is 13.5. The van der Waals surface area contributed by atoms with Gasteiger partial charge in [0.25, 0.3) is 5.91 Å². The molecule has 1 aromatic carbocycles. The molecule has 0 bridgehead atoms. The van der Waals surface area contributed by atoms with Gasteiger partial charge >= 0.3 is 0 Å². The molecule has 9 heteroatoms. The fourth-order valence-corrected chi connectivity index (χ4v) is 1.66. The lowest BCUT2D eigenvalue weighted by Crippen LogP contribution is -2.16. The van der Waals surface area contributed by atoms with Gasteiger partial charge in [0.2, 0.25) is 0 Å². The van der Waals surface area contributed by atoms with Crippen molar-refractivity contribution < 1.29 is 22.4 Å². The number of benzene rings is 1. The second-order valence-corrected chi connectivity index (χ2v) is 4.24. The van der Waals surface area contributed by atoms with Gasteiger partial charge in [0.15, 0.2) is 23.3 Å². The lowest BCUT2D eigenvalue weighted by atomic mass is 10.2. The van der Waals surface area contributed by atoms with E-state index in [1.807, 2.05) is 0 Å². The molecule has 0 saturated heterocycles. The summed E-state index contributed by atoms with van der Waals surface area (Å²) in [6.07, 6.45) is 1.23. The number of rotatable bonds is 2. The van der Waals surface area contributed by atoms with Crippen LogP contribution in [0.2, 0.25) is 0 Å². The number of halogens is 5. The van der Waals surface area contributed by atoms with Crippen LogP contribution in [0.5, 0.6) is 0 Å². The minimum absolute atomic E-state index is 0.0481. The molecule has 2 N–H and O–H groups in total. The fraction of sp³-hybridized carbons (Fsp3) is 0. The molecule has 1 aromatic heterocycles. The number of aromatic amines is 1. The number of anilines is 1. The summed E-state index contributed by atoms with van der Waals surface area (Å²) >= 11 is 2.96. The molecular weight excluding hydrogens is 334 g/mol. The van der Waals surface area contributed by atoms with Gasteiger partial charge in [-0.25, -0.2) is 17.6 Å². The Morgan fingerprint density at radius 3 is 2.26 bits per heavy atom. The van der Waals surface area contributed by atoms with Crippen molar-refractivity contribution in [1.29, 1.82) is 0 Å². The molecule has 0 radical (unpaired) electrons. The second-order valence-electron chi connectivity index (χ2n) is 3.39. The van der Waals surface area contributed by atoms with Gasteiger partial charge in [-0.05, 0) is 15.9 Å². The third-order valence-corrected chi connectivity index (χ3v) is 2.77. The molecule has 2 rings (SSSR count). The van der Waals surface area contributed by atoms with E-state index in [4.69, 9.17) is 0 Å². The van der Waals surface area contributed by atoms with Crippen molar-refractivity contribution in [1.82, 2.24) is 10.2 Å². The number of aromatic nitrogens is 2. The molecule has 2 aromatic rings. The highest BCUT2D eigenvalue weighted by Gasteiger charge is 2.22. The minimum atomic E-state index is -1.69. The monoisotopic (exact) mass is 337 g/mol. The predicted molar refractivity (Wildman–Crippen MR) is 60.5 cm³/mol. The van der Waals surface area contributed by atoms with Crippen molar-refractivity contribution in [2.24, 2.45) is 0 Å². The maximum atomic E-state index is 13.3. The molecule has 0 unspecified atom stereocenters. The molecule has 19 heavy (non-hydrogen) atoms. The maximum Gasteiger partial charge on any atom is 0.275 e. The van der Waals surface area contributed by atoms with Crippen LogP contribution in [-0.4, -0.2) is 16.1 Å². The smallest absolute Gasteiger partial charge is 0.275 e. The number of nitrogens with one attached hydrogen (secondary N) is 2. The highest BCUT2D eigenvalue weighted by Crippen LogP contribution is 2.25. The summed E-state index contributed by atoms with van der Waals surface area (Å²) in [4.78, 5) is 11.6. The Balaban J connectivity index is 2.40.